The van der Waals surface area contributed by atoms with Gasteiger partial charge in [0.05, 0.1) is 12.7 Å². The molecule has 1 atom stereocenters. The molecule has 1 N–H and O–H groups in total. The summed E-state index contributed by atoms with van der Waals surface area (Å²) in [6.07, 6.45) is 0.765. The van der Waals surface area contributed by atoms with Gasteiger partial charge in [0.1, 0.15) is 5.41 Å². The van der Waals surface area contributed by atoms with Gasteiger partial charge >= 0.3 is 5.97 Å². The summed E-state index contributed by atoms with van der Waals surface area (Å²) in [6, 6.07) is 14.2. The molecule has 1 aliphatic rings. The molecule has 0 bridgehead atoms. The van der Waals surface area contributed by atoms with Gasteiger partial charge < -0.3 is 15.0 Å². The van der Waals surface area contributed by atoms with E-state index in [1.54, 1.807) is 36.9 Å². The molecule has 2 aromatic rings. The lowest BCUT2D eigenvalue weighted by atomic mass is 9.89. The van der Waals surface area contributed by atoms with Crippen LogP contribution in [0, 0.1) is 5.41 Å². The van der Waals surface area contributed by atoms with E-state index in [1.807, 2.05) is 31.2 Å². The Bertz CT molecular complexity index is 936. The second-order valence-corrected chi connectivity index (χ2v) is 7.51. The minimum Gasteiger partial charge on any atom is -0.465 e. The van der Waals surface area contributed by atoms with Gasteiger partial charge in [-0.1, -0.05) is 24.3 Å². The van der Waals surface area contributed by atoms with Gasteiger partial charge in [-0.05, 0) is 57.0 Å². The topological polar surface area (TPSA) is 75.7 Å². The molecule has 6 nitrogen and oxygen atoms in total. The van der Waals surface area contributed by atoms with Crippen LogP contribution in [0.25, 0.3) is 0 Å². The molecule has 28 heavy (non-hydrogen) atoms. The zero-order chi connectivity index (χ0) is 20.5. The Hall–Kier alpha value is -3.15. The molecule has 6 heteroatoms. The van der Waals surface area contributed by atoms with Crippen LogP contribution in [-0.2, 0) is 20.7 Å². The third kappa shape index (κ3) is 3.50. The predicted octanol–water partition coefficient (Wildman–Crippen LogP) is 3.42. The zero-order valence-corrected chi connectivity index (χ0v) is 16.5. The summed E-state index contributed by atoms with van der Waals surface area (Å²) < 4.78 is 4.70. The summed E-state index contributed by atoms with van der Waals surface area (Å²) in [7, 11) is 1.30. The first-order valence-electron chi connectivity index (χ1n) is 9.17. The number of fused-ring (bicyclic) bond motifs is 1. The highest BCUT2D eigenvalue weighted by Crippen LogP contribution is 2.35. The molecule has 0 saturated heterocycles. The maximum Gasteiger partial charge on any atom is 0.337 e. The van der Waals surface area contributed by atoms with Gasteiger partial charge in [-0.25, -0.2) is 4.79 Å². The van der Waals surface area contributed by atoms with E-state index in [-0.39, 0.29) is 11.9 Å². The van der Waals surface area contributed by atoms with E-state index in [1.165, 1.54) is 13.2 Å². The van der Waals surface area contributed by atoms with E-state index in [0.717, 1.165) is 17.7 Å². The highest BCUT2D eigenvalue weighted by Gasteiger charge is 2.43. The number of esters is 1. The Morgan fingerprint density at radius 1 is 1.11 bits per heavy atom. The van der Waals surface area contributed by atoms with Gasteiger partial charge in [-0.3, -0.25) is 9.59 Å². The summed E-state index contributed by atoms with van der Waals surface area (Å²) >= 11 is 0. The Morgan fingerprint density at radius 3 is 2.54 bits per heavy atom. The number of methoxy groups -OCH3 is 1. The van der Waals surface area contributed by atoms with E-state index >= 15 is 0 Å². The number of nitrogens with one attached hydrogen (secondary N) is 1. The number of rotatable bonds is 4. The van der Waals surface area contributed by atoms with Crippen LogP contribution < -0.4 is 10.2 Å². The lowest BCUT2D eigenvalue weighted by Gasteiger charge is -2.31. The Labute approximate surface area is 164 Å². The molecule has 3 rings (SSSR count). The molecular formula is C22H24N2O4. The minimum absolute atomic E-state index is 0.0142. The van der Waals surface area contributed by atoms with Crippen LogP contribution in [0.4, 0.5) is 11.4 Å². The number of ether oxygens (including phenoxy) is 1. The summed E-state index contributed by atoms with van der Waals surface area (Å²) in [5.74, 6) is -1.18. The number of amides is 2. The van der Waals surface area contributed by atoms with Crippen LogP contribution in [-0.4, -0.2) is 30.9 Å². The third-order valence-electron chi connectivity index (χ3n) is 5.07. The maximum absolute atomic E-state index is 13.3. The van der Waals surface area contributed by atoms with Crippen molar-refractivity contribution in [1.29, 1.82) is 0 Å². The predicted molar refractivity (Wildman–Crippen MR) is 107 cm³/mol. The average Bonchev–Trinajstić information content (AvgIpc) is 3.02. The van der Waals surface area contributed by atoms with Crippen LogP contribution in [0.1, 0.15) is 36.7 Å². The van der Waals surface area contributed by atoms with E-state index < -0.39 is 17.3 Å². The minimum atomic E-state index is -1.28. The number of hydrogen-bond acceptors (Lipinski definition) is 4. The van der Waals surface area contributed by atoms with Crippen molar-refractivity contribution in [1.82, 2.24) is 0 Å². The first-order chi connectivity index (χ1) is 13.3. The number of benzene rings is 2. The monoisotopic (exact) mass is 380 g/mol. The molecule has 0 radical (unpaired) electrons. The standard InChI is InChI=1S/C22H24N2O4/c1-14-12-15-8-5-6-11-18(15)24(14)21(27)22(2,3)20(26)23-17-10-7-9-16(13-17)19(25)28-4/h5-11,13-14H,12H2,1-4H3,(H,23,26). The molecule has 0 fully saturated rings. The van der Waals surface area contributed by atoms with Gasteiger partial charge in [0, 0.05) is 17.4 Å². The third-order valence-corrected chi connectivity index (χ3v) is 5.07. The van der Waals surface area contributed by atoms with Crippen molar-refractivity contribution >= 4 is 29.2 Å². The number of anilines is 2. The smallest absolute Gasteiger partial charge is 0.337 e. The highest BCUT2D eigenvalue weighted by molar-refractivity contribution is 6.15. The van der Waals surface area contributed by atoms with Gasteiger partial charge in [0.25, 0.3) is 0 Å². The van der Waals surface area contributed by atoms with Crippen LogP contribution in [0.2, 0.25) is 0 Å². The van der Waals surface area contributed by atoms with Crippen molar-refractivity contribution in [3.8, 4) is 0 Å². The molecule has 1 aliphatic heterocycles. The van der Waals surface area contributed by atoms with E-state index in [2.05, 4.69) is 5.32 Å². The summed E-state index contributed by atoms with van der Waals surface area (Å²) in [5, 5.41) is 2.75. The molecule has 0 aliphatic carbocycles. The SMILES string of the molecule is COC(=O)c1cccc(NC(=O)C(C)(C)C(=O)N2c3ccccc3CC2C)c1. The second kappa shape index (κ2) is 7.46. The van der Waals surface area contributed by atoms with E-state index in [9.17, 15) is 14.4 Å². The van der Waals surface area contributed by atoms with Crippen molar-refractivity contribution in [2.45, 2.75) is 33.2 Å². The van der Waals surface area contributed by atoms with E-state index in [4.69, 9.17) is 4.74 Å². The van der Waals surface area contributed by atoms with Crippen LogP contribution in [0.5, 0.6) is 0 Å². The van der Waals surface area contributed by atoms with Crippen molar-refractivity contribution in [3.63, 3.8) is 0 Å². The molecule has 146 valence electrons. The molecule has 1 heterocycles. The van der Waals surface area contributed by atoms with Crippen LogP contribution in [0.3, 0.4) is 0 Å². The van der Waals surface area contributed by atoms with Crippen molar-refractivity contribution < 1.29 is 19.1 Å². The normalized spacial score (nSPS) is 15.7. The lowest BCUT2D eigenvalue weighted by molar-refractivity contribution is -0.136. The lowest BCUT2D eigenvalue weighted by Crippen LogP contribution is -2.49. The molecule has 2 amide bonds. The fraction of sp³-hybridized carbons (Fsp3) is 0.318. The quantitative estimate of drug-likeness (QED) is 0.651. The molecule has 0 spiro atoms. The summed E-state index contributed by atoms with van der Waals surface area (Å²) in [5.41, 5.74) is 1.43. The molecular weight excluding hydrogens is 356 g/mol. The molecule has 0 aromatic heterocycles. The highest BCUT2D eigenvalue weighted by atomic mass is 16.5. The van der Waals surface area contributed by atoms with Gasteiger partial charge in [0.15, 0.2) is 0 Å². The first kappa shape index (κ1) is 19.6. The van der Waals surface area contributed by atoms with Crippen molar-refractivity contribution in [2.24, 2.45) is 5.41 Å². The fourth-order valence-electron chi connectivity index (χ4n) is 3.40. The summed E-state index contributed by atoms with van der Waals surface area (Å²) in [6.45, 7) is 5.21. The Balaban J connectivity index is 1.82. The average molecular weight is 380 g/mol. The van der Waals surface area contributed by atoms with Crippen LogP contribution in [0.15, 0.2) is 48.5 Å². The maximum atomic E-state index is 13.3. The number of carbonyl (C=O) groups excluding carboxylic acids is 3. The number of nitrogens with zero attached hydrogens (tertiary/aromatic N) is 1. The second-order valence-electron chi connectivity index (χ2n) is 7.51. The fourth-order valence-corrected chi connectivity index (χ4v) is 3.40. The largest absolute Gasteiger partial charge is 0.465 e. The van der Waals surface area contributed by atoms with Crippen LogP contribution >= 0.6 is 0 Å². The molecule has 1 unspecified atom stereocenters. The van der Waals surface area contributed by atoms with E-state index in [0.29, 0.717) is 11.3 Å². The summed E-state index contributed by atoms with van der Waals surface area (Å²) in [4.78, 5) is 39.6. The Morgan fingerprint density at radius 2 is 1.82 bits per heavy atom. The van der Waals surface area contributed by atoms with Crippen molar-refractivity contribution in [3.05, 3.63) is 59.7 Å². The van der Waals surface area contributed by atoms with Crippen molar-refractivity contribution in [2.75, 3.05) is 17.3 Å². The number of carbonyl (C=O) groups is 3. The molecule has 2 aromatic carbocycles. The molecule has 0 saturated carbocycles. The number of hydrogen-bond donors (Lipinski definition) is 1. The van der Waals surface area contributed by atoms with Gasteiger partial charge in [0.2, 0.25) is 11.8 Å². The first-order valence-corrected chi connectivity index (χ1v) is 9.17. The zero-order valence-electron chi connectivity index (χ0n) is 16.5. The Kier molecular flexibility index (Phi) is 5.23. The van der Waals surface area contributed by atoms with Gasteiger partial charge in [-0.15, -0.1) is 0 Å². The number of para-hydroxylation sites is 1. The van der Waals surface area contributed by atoms with Gasteiger partial charge in [-0.2, -0.15) is 0 Å².